The van der Waals surface area contributed by atoms with Crippen molar-refractivity contribution in [1.82, 2.24) is 15.0 Å². The fourth-order valence-corrected chi connectivity index (χ4v) is 11.3. The first-order chi connectivity index (χ1) is 32.2. The summed E-state index contributed by atoms with van der Waals surface area (Å²) in [6, 6.07) is 70.6. The van der Waals surface area contributed by atoms with Crippen molar-refractivity contribution in [1.29, 1.82) is 0 Å². The zero-order chi connectivity index (χ0) is 44.6. The van der Waals surface area contributed by atoms with Gasteiger partial charge in [0.1, 0.15) is 0 Å². The smallest absolute Gasteiger partial charge is 0.164 e. The van der Waals surface area contributed by atoms with Gasteiger partial charge in [-0.15, -0.1) is 0 Å². The predicted octanol–water partition coefficient (Wildman–Crippen LogP) is 15.5. The van der Waals surface area contributed by atoms with Crippen LogP contribution in [0.15, 0.2) is 218 Å². The van der Waals surface area contributed by atoms with Gasteiger partial charge in [-0.25, -0.2) is 15.0 Å². The maximum atomic E-state index is 5.30. The molecule has 316 valence electrons. The van der Waals surface area contributed by atoms with Gasteiger partial charge in [0.15, 0.2) is 17.5 Å². The largest absolute Gasteiger partial charge is 0.208 e. The second-order valence-electron chi connectivity index (χ2n) is 19.4. The number of hydrogen-bond donors (Lipinski definition) is 0. The molecule has 8 aromatic carbocycles. The molecule has 1 heterocycles. The lowest BCUT2D eigenvalue weighted by Gasteiger charge is -2.40. The lowest BCUT2D eigenvalue weighted by Crippen LogP contribution is -2.38. The van der Waals surface area contributed by atoms with Crippen molar-refractivity contribution >= 4 is 0 Å². The van der Waals surface area contributed by atoms with Gasteiger partial charge in [0, 0.05) is 28.0 Å². The fraction of sp³-hybridized carbons (Fsp3) is 0.127. The van der Waals surface area contributed by atoms with Crippen molar-refractivity contribution in [3.05, 3.63) is 246 Å². The van der Waals surface area contributed by atoms with E-state index in [1.165, 1.54) is 44.5 Å². The van der Waals surface area contributed by atoms with Gasteiger partial charge in [-0.1, -0.05) is 228 Å². The monoisotopic (exact) mass is 847 g/mol. The van der Waals surface area contributed by atoms with E-state index < -0.39 is 0 Å². The Morgan fingerprint density at radius 2 is 0.894 bits per heavy atom. The van der Waals surface area contributed by atoms with Gasteiger partial charge in [-0.2, -0.15) is 0 Å². The van der Waals surface area contributed by atoms with Crippen LogP contribution in [0.5, 0.6) is 0 Å². The van der Waals surface area contributed by atoms with E-state index in [9.17, 15) is 0 Å². The van der Waals surface area contributed by atoms with Crippen LogP contribution in [0.25, 0.3) is 78.7 Å². The Kier molecular flexibility index (Phi) is 9.15. The lowest BCUT2D eigenvalue weighted by molar-refractivity contribution is 0.372. The number of allylic oxidation sites excluding steroid dienone is 4. The van der Waals surface area contributed by atoms with Crippen LogP contribution >= 0.6 is 0 Å². The van der Waals surface area contributed by atoms with Gasteiger partial charge >= 0.3 is 0 Å². The summed E-state index contributed by atoms with van der Waals surface area (Å²) in [6.45, 7) is 9.20. The van der Waals surface area contributed by atoms with Crippen LogP contribution in [0.1, 0.15) is 55.5 Å². The maximum absolute atomic E-state index is 5.30. The SMILES string of the molecule is CC(C)(C)c1ccc(-c2cc(-c3nc(-c4ccccc4)nc(-c4cccc(-c5ccc6c(c5)C5(c7ccccc7-6)c6ccccc6C6(C)C=CC=CC65)c4)n3)ccc2-c2ccccc2)cc1. The highest BCUT2D eigenvalue weighted by Crippen LogP contribution is 2.67. The molecular formula is C63H49N3. The molecule has 1 aromatic heterocycles. The first-order valence-corrected chi connectivity index (χ1v) is 23.1. The molecule has 3 unspecified atom stereocenters. The van der Waals surface area contributed by atoms with Gasteiger partial charge in [0.05, 0.1) is 5.41 Å². The Morgan fingerprint density at radius 1 is 0.379 bits per heavy atom. The molecule has 0 saturated heterocycles. The molecule has 0 aliphatic heterocycles. The van der Waals surface area contributed by atoms with Crippen molar-refractivity contribution in [2.75, 3.05) is 0 Å². The standard InChI is InChI=1S/C63H49N3/c1-61(2,3)48-33-29-42(30-34-48)52-39-47(32-35-49(52)41-18-7-5-8-19-41)60-65-58(43-20-9-6-10-21-43)64-59(66-60)46-23-17-22-44(38-46)45-31-36-51-50-24-11-12-25-53(50)63(56(51)40-45)55-27-14-13-26-54(55)62(4)37-16-15-28-57(62)63/h5-40,57H,1-4H3. The highest BCUT2D eigenvalue weighted by Gasteiger charge is 2.61. The molecule has 0 saturated carbocycles. The summed E-state index contributed by atoms with van der Waals surface area (Å²) in [7, 11) is 0. The van der Waals surface area contributed by atoms with Gasteiger partial charge in [-0.05, 0) is 95.9 Å². The summed E-state index contributed by atoms with van der Waals surface area (Å²) in [5.74, 6) is 2.13. The number of aromatic nitrogens is 3. The van der Waals surface area contributed by atoms with Crippen LogP contribution in [0.4, 0.5) is 0 Å². The molecule has 66 heavy (non-hydrogen) atoms. The average molecular weight is 848 g/mol. The van der Waals surface area contributed by atoms with Crippen LogP contribution in [0.3, 0.4) is 0 Å². The van der Waals surface area contributed by atoms with Crippen LogP contribution in [0, 0.1) is 5.92 Å². The second kappa shape index (κ2) is 15.2. The molecule has 0 N–H and O–H groups in total. The van der Waals surface area contributed by atoms with E-state index in [0.717, 1.165) is 44.5 Å². The van der Waals surface area contributed by atoms with Crippen molar-refractivity contribution in [3.63, 3.8) is 0 Å². The molecule has 1 spiro atoms. The van der Waals surface area contributed by atoms with Crippen molar-refractivity contribution in [2.45, 2.75) is 43.9 Å². The molecule has 3 heteroatoms. The Labute approximate surface area is 388 Å². The van der Waals surface area contributed by atoms with Crippen LogP contribution < -0.4 is 0 Å². The Bertz CT molecular complexity index is 3410. The molecule has 3 aliphatic rings. The molecule has 0 radical (unpaired) electrons. The van der Waals surface area contributed by atoms with Crippen LogP contribution in [-0.4, -0.2) is 15.0 Å². The third kappa shape index (κ3) is 6.21. The zero-order valence-corrected chi connectivity index (χ0v) is 37.7. The third-order valence-corrected chi connectivity index (χ3v) is 14.5. The molecule has 3 aliphatic carbocycles. The van der Waals surface area contributed by atoms with Gasteiger partial charge < -0.3 is 0 Å². The zero-order valence-electron chi connectivity index (χ0n) is 37.7. The minimum atomic E-state index is -0.330. The number of fused-ring (bicyclic) bond motifs is 10. The van der Waals surface area contributed by atoms with Gasteiger partial charge in [0.2, 0.25) is 0 Å². The minimum Gasteiger partial charge on any atom is -0.208 e. The first-order valence-electron chi connectivity index (χ1n) is 23.1. The Morgan fingerprint density at radius 3 is 1.62 bits per heavy atom. The lowest BCUT2D eigenvalue weighted by atomic mass is 9.61. The molecule has 0 amide bonds. The molecular weight excluding hydrogens is 799 g/mol. The topological polar surface area (TPSA) is 38.7 Å². The Balaban J connectivity index is 0.998. The summed E-state index contributed by atoms with van der Waals surface area (Å²) < 4.78 is 0. The maximum Gasteiger partial charge on any atom is 0.164 e. The summed E-state index contributed by atoms with van der Waals surface area (Å²) in [5.41, 5.74) is 18.8. The van der Waals surface area contributed by atoms with E-state index in [1.807, 2.05) is 18.2 Å². The summed E-state index contributed by atoms with van der Waals surface area (Å²) >= 11 is 0. The highest BCUT2D eigenvalue weighted by molar-refractivity contribution is 5.90. The quantitative estimate of drug-likeness (QED) is 0.167. The van der Waals surface area contributed by atoms with E-state index in [-0.39, 0.29) is 22.2 Å². The summed E-state index contributed by atoms with van der Waals surface area (Å²) in [4.78, 5) is 15.7. The van der Waals surface area contributed by atoms with Crippen LogP contribution in [0.2, 0.25) is 0 Å². The highest BCUT2D eigenvalue weighted by atomic mass is 15.0. The third-order valence-electron chi connectivity index (χ3n) is 14.5. The number of benzene rings is 8. The molecule has 0 bridgehead atoms. The average Bonchev–Trinajstić information content (AvgIpc) is 3.79. The molecule has 9 aromatic rings. The van der Waals surface area contributed by atoms with Crippen molar-refractivity contribution in [3.8, 4) is 78.7 Å². The van der Waals surface area contributed by atoms with Crippen molar-refractivity contribution in [2.24, 2.45) is 5.92 Å². The van der Waals surface area contributed by atoms with E-state index in [0.29, 0.717) is 17.5 Å². The molecule has 0 fully saturated rings. The van der Waals surface area contributed by atoms with Gasteiger partial charge in [0.25, 0.3) is 0 Å². The first kappa shape index (κ1) is 39.8. The van der Waals surface area contributed by atoms with E-state index in [1.54, 1.807) is 0 Å². The summed E-state index contributed by atoms with van der Waals surface area (Å²) in [6.07, 6.45) is 9.37. The van der Waals surface area contributed by atoms with E-state index >= 15 is 0 Å². The number of rotatable bonds is 6. The number of hydrogen-bond acceptors (Lipinski definition) is 3. The molecule has 12 rings (SSSR count). The summed E-state index contributed by atoms with van der Waals surface area (Å²) in [5, 5.41) is 0. The number of nitrogens with zero attached hydrogens (tertiary/aromatic N) is 3. The van der Waals surface area contributed by atoms with Gasteiger partial charge in [-0.3, -0.25) is 0 Å². The van der Waals surface area contributed by atoms with E-state index in [2.05, 4.69) is 228 Å². The van der Waals surface area contributed by atoms with E-state index in [4.69, 9.17) is 15.0 Å². The second-order valence-corrected chi connectivity index (χ2v) is 19.4. The minimum absolute atomic E-state index is 0.0539. The predicted molar refractivity (Wildman–Crippen MR) is 272 cm³/mol. The fourth-order valence-electron chi connectivity index (χ4n) is 11.3. The molecule has 3 atom stereocenters. The van der Waals surface area contributed by atoms with Crippen LogP contribution in [-0.2, 0) is 16.2 Å². The molecule has 3 nitrogen and oxygen atoms in total. The van der Waals surface area contributed by atoms with Crippen molar-refractivity contribution < 1.29 is 0 Å². The Hall–Kier alpha value is -7.75. The normalized spacial score (nSPS) is 18.8.